The molecule has 0 fully saturated rings. The van der Waals surface area contributed by atoms with Gasteiger partial charge in [0.1, 0.15) is 11.6 Å². The Bertz CT molecular complexity index is 1110. The summed E-state index contributed by atoms with van der Waals surface area (Å²) in [5.74, 6) is -0.320. The second-order valence-corrected chi connectivity index (χ2v) is 5.94. The van der Waals surface area contributed by atoms with Crippen molar-refractivity contribution in [3.05, 3.63) is 47.2 Å². The van der Waals surface area contributed by atoms with Gasteiger partial charge >= 0.3 is 6.18 Å². The van der Waals surface area contributed by atoms with Gasteiger partial charge in [0.2, 0.25) is 0 Å². The molecule has 0 bridgehead atoms. The summed E-state index contributed by atoms with van der Waals surface area (Å²) in [5, 5.41) is 6.57. The van der Waals surface area contributed by atoms with Crippen LogP contribution in [0.4, 0.5) is 19.0 Å². The summed E-state index contributed by atoms with van der Waals surface area (Å²) in [6.45, 7) is 3.93. The molecule has 0 atom stereocenters. The molecule has 0 aliphatic carbocycles. The van der Waals surface area contributed by atoms with E-state index in [2.05, 4.69) is 30.4 Å². The first-order chi connectivity index (χ1) is 12.3. The molecule has 0 aliphatic heterocycles. The fraction of sp³-hybridized carbons (Fsp3) is 0.250. The summed E-state index contributed by atoms with van der Waals surface area (Å²) in [5.41, 5.74) is 3.33. The van der Waals surface area contributed by atoms with Crippen LogP contribution in [-0.2, 0) is 12.7 Å². The average molecular weight is 361 g/mol. The normalized spacial score (nSPS) is 12.2. The SMILES string of the molecule is Cc1cc(NCc2nc3c(C)cccc3[nH]2)n2nc(C(F)(F)F)nc2n1. The monoisotopic (exact) mass is 361 g/mol. The second kappa shape index (κ2) is 5.68. The van der Waals surface area contributed by atoms with E-state index in [1.54, 1.807) is 13.0 Å². The van der Waals surface area contributed by atoms with Crippen molar-refractivity contribution < 1.29 is 13.2 Å². The number of para-hydroxylation sites is 1. The lowest BCUT2D eigenvalue weighted by atomic mass is 10.2. The lowest BCUT2D eigenvalue weighted by Crippen LogP contribution is -2.09. The Morgan fingerprint density at radius 1 is 1.15 bits per heavy atom. The van der Waals surface area contributed by atoms with Crippen molar-refractivity contribution in [2.24, 2.45) is 0 Å². The number of fused-ring (bicyclic) bond motifs is 2. The molecular weight excluding hydrogens is 347 g/mol. The van der Waals surface area contributed by atoms with Crippen LogP contribution in [-0.4, -0.2) is 29.5 Å². The molecule has 4 aromatic rings. The van der Waals surface area contributed by atoms with Gasteiger partial charge < -0.3 is 10.3 Å². The Morgan fingerprint density at radius 3 is 2.69 bits per heavy atom. The summed E-state index contributed by atoms with van der Waals surface area (Å²) >= 11 is 0. The van der Waals surface area contributed by atoms with Gasteiger partial charge in [0.25, 0.3) is 11.6 Å². The number of benzene rings is 1. The Kier molecular flexibility index (Phi) is 3.56. The van der Waals surface area contributed by atoms with Gasteiger partial charge in [0, 0.05) is 11.8 Å². The van der Waals surface area contributed by atoms with Crippen molar-refractivity contribution >= 4 is 22.6 Å². The van der Waals surface area contributed by atoms with Gasteiger partial charge in [0.05, 0.1) is 17.6 Å². The topological polar surface area (TPSA) is 83.8 Å². The van der Waals surface area contributed by atoms with E-state index in [0.717, 1.165) is 21.1 Å². The highest BCUT2D eigenvalue weighted by Crippen LogP contribution is 2.27. The van der Waals surface area contributed by atoms with Crippen LogP contribution in [0.25, 0.3) is 16.8 Å². The van der Waals surface area contributed by atoms with Gasteiger partial charge in [0.15, 0.2) is 0 Å². The molecule has 0 spiro atoms. The van der Waals surface area contributed by atoms with Gasteiger partial charge in [-0.15, -0.1) is 5.10 Å². The molecule has 0 unspecified atom stereocenters. The van der Waals surface area contributed by atoms with E-state index in [1.165, 1.54) is 0 Å². The number of aromatic nitrogens is 6. The lowest BCUT2D eigenvalue weighted by Gasteiger charge is -2.07. The molecule has 0 aliphatic rings. The number of nitrogens with one attached hydrogen (secondary N) is 2. The van der Waals surface area contributed by atoms with E-state index in [4.69, 9.17) is 0 Å². The first kappa shape index (κ1) is 16.3. The summed E-state index contributed by atoms with van der Waals surface area (Å²) in [6.07, 6.45) is -4.63. The van der Waals surface area contributed by atoms with Crippen molar-refractivity contribution in [3.8, 4) is 0 Å². The summed E-state index contributed by atoms with van der Waals surface area (Å²) in [7, 11) is 0. The van der Waals surface area contributed by atoms with E-state index in [-0.39, 0.29) is 12.3 Å². The number of rotatable bonds is 3. The lowest BCUT2D eigenvalue weighted by molar-refractivity contribution is -0.144. The minimum atomic E-state index is -4.63. The van der Waals surface area contributed by atoms with E-state index < -0.39 is 12.0 Å². The van der Waals surface area contributed by atoms with E-state index in [9.17, 15) is 13.2 Å². The first-order valence-electron chi connectivity index (χ1n) is 7.81. The Labute approximate surface area is 145 Å². The minimum Gasteiger partial charge on any atom is -0.363 e. The maximum absolute atomic E-state index is 12.9. The minimum absolute atomic E-state index is 0.111. The predicted octanol–water partition coefficient (Wildman–Crippen LogP) is 3.25. The van der Waals surface area contributed by atoms with E-state index >= 15 is 0 Å². The van der Waals surface area contributed by atoms with Crippen LogP contribution in [0.1, 0.15) is 22.9 Å². The molecule has 0 amide bonds. The van der Waals surface area contributed by atoms with Gasteiger partial charge in [-0.25, -0.2) is 9.97 Å². The third-order valence-corrected chi connectivity index (χ3v) is 3.89. The van der Waals surface area contributed by atoms with Crippen molar-refractivity contribution in [2.75, 3.05) is 5.32 Å². The molecule has 3 heterocycles. The Balaban J connectivity index is 1.67. The molecule has 4 rings (SSSR count). The zero-order chi connectivity index (χ0) is 18.5. The van der Waals surface area contributed by atoms with Crippen molar-refractivity contribution in [3.63, 3.8) is 0 Å². The zero-order valence-electron chi connectivity index (χ0n) is 13.9. The van der Waals surface area contributed by atoms with Gasteiger partial charge in [-0.05, 0) is 25.5 Å². The number of halogens is 3. The Morgan fingerprint density at radius 2 is 1.96 bits per heavy atom. The highest BCUT2D eigenvalue weighted by molar-refractivity contribution is 5.78. The van der Waals surface area contributed by atoms with Gasteiger partial charge in [-0.2, -0.15) is 22.7 Å². The maximum atomic E-state index is 12.9. The molecule has 0 radical (unpaired) electrons. The maximum Gasteiger partial charge on any atom is 0.453 e. The standard InChI is InChI=1S/C16H14F3N7/c1-8-4-3-5-10-13(8)23-11(22-10)7-20-12-6-9(2)21-15-24-14(16(17,18)19)25-26(12)15/h3-6,20H,7H2,1-2H3,(H,22,23). The largest absolute Gasteiger partial charge is 0.453 e. The third-order valence-electron chi connectivity index (χ3n) is 3.89. The number of anilines is 1. The fourth-order valence-corrected chi connectivity index (χ4v) is 2.72. The van der Waals surface area contributed by atoms with Crippen LogP contribution < -0.4 is 5.32 Å². The third kappa shape index (κ3) is 2.83. The smallest absolute Gasteiger partial charge is 0.363 e. The number of aryl methyl sites for hydroxylation is 2. The highest BCUT2D eigenvalue weighted by Gasteiger charge is 2.36. The van der Waals surface area contributed by atoms with Crippen molar-refractivity contribution in [1.29, 1.82) is 0 Å². The van der Waals surface area contributed by atoms with Crippen LogP contribution in [0.5, 0.6) is 0 Å². The number of nitrogens with zero attached hydrogens (tertiary/aromatic N) is 5. The molecule has 1 aromatic carbocycles. The molecule has 26 heavy (non-hydrogen) atoms. The van der Waals surface area contributed by atoms with Crippen LogP contribution in [0.15, 0.2) is 24.3 Å². The van der Waals surface area contributed by atoms with E-state index in [1.807, 2.05) is 25.1 Å². The first-order valence-corrected chi connectivity index (χ1v) is 7.81. The van der Waals surface area contributed by atoms with Crippen molar-refractivity contribution in [2.45, 2.75) is 26.6 Å². The summed E-state index contributed by atoms with van der Waals surface area (Å²) in [6, 6.07) is 7.41. The van der Waals surface area contributed by atoms with Crippen LogP contribution >= 0.6 is 0 Å². The average Bonchev–Trinajstić information content (AvgIpc) is 3.16. The molecule has 2 N–H and O–H groups in total. The summed E-state index contributed by atoms with van der Waals surface area (Å²) < 4.78 is 39.6. The molecule has 134 valence electrons. The van der Waals surface area contributed by atoms with E-state index in [0.29, 0.717) is 17.3 Å². The van der Waals surface area contributed by atoms with Gasteiger partial charge in [-0.3, -0.25) is 0 Å². The number of aromatic amines is 1. The highest BCUT2D eigenvalue weighted by atomic mass is 19.4. The molecule has 10 heteroatoms. The quantitative estimate of drug-likeness (QED) is 0.585. The van der Waals surface area contributed by atoms with Crippen LogP contribution in [0.2, 0.25) is 0 Å². The molecular formula is C16H14F3N7. The number of alkyl halides is 3. The van der Waals surface area contributed by atoms with Gasteiger partial charge in [-0.1, -0.05) is 12.1 Å². The number of hydrogen-bond acceptors (Lipinski definition) is 5. The second-order valence-electron chi connectivity index (χ2n) is 5.94. The molecule has 7 nitrogen and oxygen atoms in total. The van der Waals surface area contributed by atoms with Crippen LogP contribution in [0, 0.1) is 13.8 Å². The fourth-order valence-electron chi connectivity index (χ4n) is 2.72. The Hall–Kier alpha value is -3.17. The molecule has 3 aromatic heterocycles. The number of imidazole rings is 1. The van der Waals surface area contributed by atoms with Crippen LogP contribution in [0.3, 0.4) is 0 Å². The van der Waals surface area contributed by atoms with Crippen molar-refractivity contribution in [1.82, 2.24) is 29.5 Å². The zero-order valence-corrected chi connectivity index (χ0v) is 13.9. The predicted molar refractivity (Wildman–Crippen MR) is 88.7 cm³/mol. The molecule has 0 saturated carbocycles. The number of H-pyrrole nitrogens is 1. The number of hydrogen-bond donors (Lipinski definition) is 2. The summed E-state index contributed by atoms with van der Waals surface area (Å²) in [4.78, 5) is 15.2. The molecule has 0 saturated heterocycles.